The van der Waals surface area contributed by atoms with E-state index in [9.17, 15) is 9.59 Å². The highest BCUT2D eigenvalue weighted by Gasteiger charge is 2.27. The Kier molecular flexibility index (Phi) is 5.16. The average molecular weight is 317 g/mol. The molecular formula is C18H27N3O2. The van der Waals surface area contributed by atoms with Gasteiger partial charge in [0.2, 0.25) is 0 Å². The van der Waals surface area contributed by atoms with E-state index in [0.29, 0.717) is 24.2 Å². The van der Waals surface area contributed by atoms with Crippen molar-refractivity contribution in [2.24, 2.45) is 0 Å². The maximum Gasteiger partial charge on any atom is 0.253 e. The summed E-state index contributed by atoms with van der Waals surface area (Å²) in [5, 5.41) is 3.03. The average Bonchev–Trinajstić information content (AvgIpc) is 2.90. The SMILES string of the molecule is Cc1[nH]c2c(c1C(=O)NCCCN1CCCCC1)CCCC2=O. The van der Waals surface area contributed by atoms with E-state index in [2.05, 4.69) is 15.2 Å². The van der Waals surface area contributed by atoms with Gasteiger partial charge >= 0.3 is 0 Å². The molecule has 2 N–H and O–H groups in total. The summed E-state index contributed by atoms with van der Waals surface area (Å²) in [5.41, 5.74) is 3.10. The van der Waals surface area contributed by atoms with Gasteiger partial charge in [-0.25, -0.2) is 0 Å². The van der Waals surface area contributed by atoms with Gasteiger partial charge in [-0.1, -0.05) is 6.42 Å². The predicted molar refractivity (Wildman–Crippen MR) is 90.0 cm³/mol. The van der Waals surface area contributed by atoms with Crippen LogP contribution in [-0.2, 0) is 6.42 Å². The smallest absolute Gasteiger partial charge is 0.253 e. The fourth-order valence-electron chi connectivity index (χ4n) is 3.80. The molecular weight excluding hydrogens is 290 g/mol. The molecule has 1 amide bonds. The summed E-state index contributed by atoms with van der Waals surface area (Å²) >= 11 is 0. The zero-order chi connectivity index (χ0) is 16.2. The molecule has 0 atom stereocenters. The summed E-state index contributed by atoms with van der Waals surface area (Å²) in [7, 11) is 0. The van der Waals surface area contributed by atoms with E-state index in [0.717, 1.165) is 37.1 Å². The number of rotatable bonds is 5. The number of Topliss-reactive ketones (excluding diaryl/α,β-unsaturated/α-hetero) is 1. The van der Waals surface area contributed by atoms with Crippen molar-refractivity contribution in [3.8, 4) is 0 Å². The second-order valence-electron chi connectivity index (χ2n) is 6.77. The number of carbonyl (C=O) groups excluding carboxylic acids is 2. The quantitative estimate of drug-likeness (QED) is 0.820. The van der Waals surface area contributed by atoms with Crippen molar-refractivity contribution in [2.75, 3.05) is 26.2 Å². The van der Waals surface area contributed by atoms with E-state index in [4.69, 9.17) is 0 Å². The molecule has 1 aliphatic heterocycles. The predicted octanol–water partition coefficient (Wildman–Crippen LogP) is 2.45. The van der Waals surface area contributed by atoms with Gasteiger partial charge in [0.25, 0.3) is 5.91 Å². The Morgan fingerprint density at radius 1 is 1.17 bits per heavy atom. The number of carbonyl (C=O) groups is 2. The second-order valence-corrected chi connectivity index (χ2v) is 6.77. The van der Waals surface area contributed by atoms with Crippen LogP contribution in [0.2, 0.25) is 0 Å². The van der Waals surface area contributed by atoms with Crippen LogP contribution >= 0.6 is 0 Å². The van der Waals surface area contributed by atoms with Crippen molar-refractivity contribution < 1.29 is 9.59 Å². The molecule has 1 aromatic rings. The Morgan fingerprint density at radius 3 is 2.74 bits per heavy atom. The van der Waals surface area contributed by atoms with Crippen LogP contribution in [-0.4, -0.2) is 47.8 Å². The van der Waals surface area contributed by atoms with Gasteiger partial charge in [-0.3, -0.25) is 9.59 Å². The number of hydrogen-bond acceptors (Lipinski definition) is 3. The molecule has 5 nitrogen and oxygen atoms in total. The highest BCUT2D eigenvalue weighted by molar-refractivity contribution is 6.04. The molecule has 0 unspecified atom stereocenters. The molecule has 1 aliphatic carbocycles. The first-order valence-electron chi connectivity index (χ1n) is 8.92. The van der Waals surface area contributed by atoms with Crippen LogP contribution in [0.15, 0.2) is 0 Å². The third-order valence-electron chi connectivity index (χ3n) is 5.01. The van der Waals surface area contributed by atoms with Crippen molar-refractivity contribution in [3.05, 3.63) is 22.5 Å². The minimum atomic E-state index is -0.0339. The maximum absolute atomic E-state index is 12.5. The Balaban J connectivity index is 1.53. The minimum absolute atomic E-state index is 0.0339. The van der Waals surface area contributed by atoms with Crippen molar-refractivity contribution in [2.45, 2.75) is 51.9 Å². The Bertz CT molecular complexity index is 585. The standard InChI is InChI=1S/C18H27N3O2/c1-13-16(14-7-5-8-15(22)17(14)20-13)18(23)19-9-6-12-21-10-3-2-4-11-21/h20H,2-12H2,1H3,(H,19,23). The number of aromatic amines is 1. The Labute approximate surface area is 137 Å². The van der Waals surface area contributed by atoms with Crippen LogP contribution in [0.3, 0.4) is 0 Å². The van der Waals surface area contributed by atoms with Gasteiger partial charge in [0.05, 0.1) is 11.3 Å². The molecule has 23 heavy (non-hydrogen) atoms. The van der Waals surface area contributed by atoms with Gasteiger partial charge in [-0.15, -0.1) is 0 Å². The molecule has 3 rings (SSSR count). The summed E-state index contributed by atoms with van der Waals surface area (Å²) in [6.07, 6.45) is 7.19. The molecule has 1 fully saturated rings. The molecule has 1 saturated heterocycles. The molecule has 0 bridgehead atoms. The normalized spacial score (nSPS) is 18.7. The number of piperidine rings is 1. The van der Waals surface area contributed by atoms with Crippen LogP contribution < -0.4 is 5.32 Å². The molecule has 1 aromatic heterocycles. The van der Waals surface area contributed by atoms with E-state index in [-0.39, 0.29) is 11.7 Å². The van der Waals surface area contributed by atoms with Gasteiger partial charge < -0.3 is 15.2 Å². The highest BCUT2D eigenvalue weighted by Crippen LogP contribution is 2.26. The lowest BCUT2D eigenvalue weighted by atomic mass is 9.93. The number of nitrogens with one attached hydrogen (secondary N) is 2. The first kappa shape index (κ1) is 16.2. The van der Waals surface area contributed by atoms with Crippen LogP contribution in [0.1, 0.15) is 70.6 Å². The van der Waals surface area contributed by atoms with Crippen LogP contribution in [0.5, 0.6) is 0 Å². The van der Waals surface area contributed by atoms with Crippen molar-refractivity contribution in [1.82, 2.24) is 15.2 Å². The zero-order valence-electron chi connectivity index (χ0n) is 14.0. The summed E-state index contributed by atoms with van der Waals surface area (Å²) in [6, 6.07) is 0. The fraction of sp³-hybridized carbons (Fsp3) is 0.667. The number of nitrogens with zero attached hydrogens (tertiary/aromatic N) is 1. The summed E-state index contributed by atoms with van der Waals surface area (Å²) in [6.45, 7) is 6.03. The van der Waals surface area contributed by atoms with Crippen LogP contribution in [0.25, 0.3) is 0 Å². The molecule has 2 heterocycles. The second kappa shape index (κ2) is 7.30. The van der Waals surface area contributed by atoms with E-state index >= 15 is 0 Å². The Morgan fingerprint density at radius 2 is 1.96 bits per heavy atom. The topological polar surface area (TPSA) is 65.2 Å². The summed E-state index contributed by atoms with van der Waals surface area (Å²) < 4.78 is 0. The third kappa shape index (κ3) is 3.66. The molecule has 5 heteroatoms. The van der Waals surface area contributed by atoms with Gasteiger partial charge in [0, 0.05) is 18.7 Å². The van der Waals surface area contributed by atoms with Gasteiger partial charge in [0.1, 0.15) is 0 Å². The monoisotopic (exact) mass is 317 g/mol. The third-order valence-corrected chi connectivity index (χ3v) is 5.01. The summed E-state index contributed by atoms with van der Waals surface area (Å²) in [4.78, 5) is 30.0. The molecule has 0 spiro atoms. The number of aryl methyl sites for hydroxylation is 1. The van der Waals surface area contributed by atoms with Gasteiger partial charge in [-0.05, 0) is 64.2 Å². The van der Waals surface area contributed by atoms with E-state index in [1.54, 1.807) is 0 Å². The number of amides is 1. The number of fused-ring (bicyclic) bond motifs is 1. The number of H-pyrrole nitrogens is 1. The first-order valence-corrected chi connectivity index (χ1v) is 8.92. The fourth-order valence-corrected chi connectivity index (χ4v) is 3.80. The van der Waals surface area contributed by atoms with Crippen LogP contribution in [0.4, 0.5) is 0 Å². The molecule has 0 saturated carbocycles. The minimum Gasteiger partial charge on any atom is -0.355 e. The van der Waals surface area contributed by atoms with E-state index < -0.39 is 0 Å². The molecule has 0 aromatic carbocycles. The molecule has 0 radical (unpaired) electrons. The largest absolute Gasteiger partial charge is 0.355 e. The number of ketones is 1. The van der Waals surface area contributed by atoms with Gasteiger partial charge in [-0.2, -0.15) is 0 Å². The molecule has 2 aliphatic rings. The van der Waals surface area contributed by atoms with Crippen molar-refractivity contribution in [3.63, 3.8) is 0 Å². The lowest BCUT2D eigenvalue weighted by Crippen LogP contribution is -2.33. The first-order chi connectivity index (χ1) is 11.2. The highest BCUT2D eigenvalue weighted by atomic mass is 16.1. The Hall–Kier alpha value is -1.62. The maximum atomic E-state index is 12.5. The lowest BCUT2D eigenvalue weighted by Gasteiger charge is -2.26. The number of aromatic nitrogens is 1. The molecule has 126 valence electrons. The number of likely N-dealkylation sites (tertiary alicyclic amines) is 1. The number of hydrogen-bond donors (Lipinski definition) is 2. The lowest BCUT2D eigenvalue weighted by molar-refractivity contribution is 0.0949. The van der Waals surface area contributed by atoms with Crippen LogP contribution in [0, 0.1) is 6.92 Å². The van der Waals surface area contributed by atoms with E-state index in [1.165, 1.54) is 32.4 Å². The van der Waals surface area contributed by atoms with Crippen molar-refractivity contribution >= 4 is 11.7 Å². The van der Waals surface area contributed by atoms with Gasteiger partial charge in [0.15, 0.2) is 5.78 Å². The zero-order valence-corrected chi connectivity index (χ0v) is 14.0. The van der Waals surface area contributed by atoms with Crippen molar-refractivity contribution in [1.29, 1.82) is 0 Å². The summed E-state index contributed by atoms with van der Waals surface area (Å²) in [5.74, 6) is 0.104. The van der Waals surface area contributed by atoms with E-state index in [1.807, 2.05) is 6.92 Å².